The average molecular weight is 469 g/mol. The summed E-state index contributed by atoms with van der Waals surface area (Å²) >= 11 is 0. The van der Waals surface area contributed by atoms with Crippen molar-refractivity contribution >= 4 is 45.3 Å². The fourth-order valence-corrected chi connectivity index (χ4v) is 5.50. The molecule has 0 aromatic heterocycles. The third kappa shape index (κ3) is 6.46. The third-order valence-corrected chi connectivity index (χ3v) is 7.45. The van der Waals surface area contributed by atoms with Crippen LogP contribution < -0.4 is 10.2 Å². The molecule has 0 fully saturated rings. The molecule has 0 atom stereocenters. The first-order valence-corrected chi connectivity index (χ1v) is 11.3. The second kappa shape index (κ2) is 12.2. The van der Waals surface area contributed by atoms with Gasteiger partial charge in [0, 0.05) is 14.7 Å². The first-order valence-electron chi connectivity index (χ1n) is 9.66. The van der Waals surface area contributed by atoms with E-state index in [-0.39, 0.29) is 34.2 Å². The van der Waals surface area contributed by atoms with Crippen LogP contribution in [0.5, 0.6) is 0 Å². The molecular weight excluding hydrogens is 449 g/mol. The van der Waals surface area contributed by atoms with Gasteiger partial charge in [-0.1, -0.05) is 83.1 Å². The number of hydrogen-bond donors (Lipinski definition) is 1. The van der Waals surface area contributed by atoms with Crippen LogP contribution >= 0.6 is 10.3 Å². The first-order chi connectivity index (χ1) is 15.4. The van der Waals surface area contributed by atoms with Crippen molar-refractivity contribution in [2.24, 2.45) is 0 Å². The summed E-state index contributed by atoms with van der Waals surface area (Å²) in [6.45, 7) is 0. The molecule has 0 unspecified atom stereocenters. The number of carboxylic acid groups (broad SMARTS) is 2. The van der Waals surface area contributed by atoms with Crippen molar-refractivity contribution in [1.82, 2.24) is 0 Å². The van der Waals surface area contributed by atoms with E-state index in [0.717, 1.165) is 20.8 Å². The summed E-state index contributed by atoms with van der Waals surface area (Å²) in [5, 5.41) is 20.5. The molecule has 162 valence electrons. The molecule has 0 aliphatic carbocycles. The fourth-order valence-electron chi connectivity index (χ4n) is 3.03. The van der Waals surface area contributed by atoms with Crippen LogP contribution in [-0.2, 0) is 0 Å². The number of rotatable bonds is 5. The number of benzene rings is 4. The Labute approximate surface area is 210 Å². The van der Waals surface area contributed by atoms with Crippen LogP contribution in [0.1, 0.15) is 20.7 Å². The van der Waals surface area contributed by atoms with E-state index in [1.54, 1.807) is 0 Å². The largest absolute Gasteiger partial charge is 2.00 e. The second-order valence-corrected chi connectivity index (χ2v) is 9.25. The molecule has 0 aliphatic heterocycles. The maximum Gasteiger partial charge on any atom is 2.00 e. The number of hydrogen-bond acceptors (Lipinski definition) is 5. The van der Waals surface area contributed by atoms with Crippen molar-refractivity contribution in [3.63, 3.8) is 0 Å². The van der Waals surface area contributed by atoms with E-state index >= 15 is 0 Å². The quantitative estimate of drug-likeness (QED) is 0.452. The molecular formula is C26H20MgO5S. The zero-order valence-corrected chi connectivity index (χ0v) is 19.9. The summed E-state index contributed by atoms with van der Waals surface area (Å²) in [6.07, 6.45) is 0. The zero-order chi connectivity index (χ0) is 23.0. The molecule has 0 aliphatic rings. The molecule has 7 heteroatoms. The second-order valence-electron chi connectivity index (χ2n) is 6.67. The summed E-state index contributed by atoms with van der Waals surface area (Å²) < 4.78 is 11.5. The van der Waals surface area contributed by atoms with Gasteiger partial charge in [0.15, 0.2) is 0 Å². The van der Waals surface area contributed by atoms with Gasteiger partial charge in [0.05, 0.1) is 11.9 Å². The van der Waals surface area contributed by atoms with Crippen molar-refractivity contribution in [2.75, 3.05) is 0 Å². The van der Waals surface area contributed by atoms with Gasteiger partial charge in [-0.25, -0.2) is 0 Å². The van der Waals surface area contributed by atoms with E-state index in [1.165, 1.54) is 18.2 Å². The van der Waals surface area contributed by atoms with Crippen LogP contribution in [0.25, 0.3) is 0 Å². The van der Waals surface area contributed by atoms with Crippen LogP contribution in [0.15, 0.2) is 130 Å². The first kappa shape index (κ1) is 26.2. The molecule has 0 bridgehead atoms. The van der Waals surface area contributed by atoms with E-state index in [2.05, 4.69) is 0 Å². The summed E-state index contributed by atoms with van der Waals surface area (Å²) in [6, 6.07) is 34.5. The fraction of sp³-hybridized carbons (Fsp3) is 0. The Kier molecular flexibility index (Phi) is 9.68. The molecule has 0 radical (unpaired) electrons. The summed E-state index contributed by atoms with van der Waals surface area (Å²) in [5.41, 5.74) is -0.339. The van der Waals surface area contributed by atoms with Gasteiger partial charge in [0.25, 0.3) is 0 Å². The molecule has 0 saturated heterocycles. The monoisotopic (exact) mass is 468 g/mol. The Morgan fingerprint density at radius 2 is 0.848 bits per heavy atom. The molecule has 1 N–H and O–H groups in total. The Morgan fingerprint density at radius 3 is 1.12 bits per heavy atom. The maximum absolute atomic E-state index is 11.5. The molecule has 5 nitrogen and oxygen atoms in total. The third-order valence-electron chi connectivity index (χ3n) is 4.59. The van der Waals surface area contributed by atoms with Gasteiger partial charge in [-0.05, 0) is 53.6 Å². The normalized spacial score (nSPS) is 10.7. The van der Waals surface area contributed by atoms with Gasteiger partial charge in [0.2, 0.25) is 0 Å². The Morgan fingerprint density at radius 1 is 0.545 bits per heavy atom. The van der Waals surface area contributed by atoms with E-state index < -0.39 is 22.2 Å². The Bertz CT molecular complexity index is 1060. The minimum atomic E-state index is -2.18. The van der Waals surface area contributed by atoms with Crippen LogP contribution in [0.3, 0.4) is 0 Å². The number of carboxylic acids is 2. The van der Waals surface area contributed by atoms with Crippen LogP contribution in [0.2, 0.25) is 0 Å². The number of carbonyl (C=O) groups is 2. The molecule has 4 aromatic carbocycles. The van der Waals surface area contributed by atoms with Gasteiger partial charge in [-0.2, -0.15) is 0 Å². The smallest absolute Gasteiger partial charge is 0.545 e. The van der Waals surface area contributed by atoms with Gasteiger partial charge >= 0.3 is 23.1 Å². The van der Waals surface area contributed by atoms with Gasteiger partial charge < -0.3 is 24.4 Å². The van der Waals surface area contributed by atoms with Crippen molar-refractivity contribution in [3.8, 4) is 0 Å². The standard InChI is InChI=1S/C18H16OS.C8H6O4.Mg/c19-20(16-10-4-1-5-11-16,17-12-6-2-7-13-17)18-14-8-3-9-15-18;9-7(10)5-2-1-3-6(4-5)8(11)12;/h1-15,19H;1-4H,(H,9,10)(H,11,12);/q;;+2/p-2. The maximum atomic E-state index is 11.5. The van der Waals surface area contributed by atoms with Crippen LogP contribution in [0.4, 0.5) is 0 Å². The van der Waals surface area contributed by atoms with Crippen molar-refractivity contribution < 1.29 is 24.4 Å². The average Bonchev–Trinajstić information content (AvgIpc) is 2.85. The molecule has 4 aromatic rings. The van der Waals surface area contributed by atoms with E-state index in [0.29, 0.717) is 0 Å². The summed E-state index contributed by atoms with van der Waals surface area (Å²) in [4.78, 5) is 23.4. The van der Waals surface area contributed by atoms with E-state index in [9.17, 15) is 24.4 Å². The van der Waals surface area contributed by atoms with Crippen molar-refractivity contribution in [1.29, 1.82) is 0 Å². The molecule has 33 heavy (non-hydrogen) atoms. The minimum absolute atomic E-state index is 0. The Balaban J connectivity index is 0.000000257. The summed E-state index contributed by atoms with van der Waals surface area (Å²) in [7, 11) is -2.18. The van der Waals surface area contributed by atoms with E-state index in [4.69, 9.17) is 0 Å². The molecule has 0 amide bonds. The number of aromatic carboxylic acids is 2. The van der Waals surface area contributed by atoms with Crippen molar-refractivity contribution in [2.45, 2.75) is 14.7 Å². The minimum Gasteiger partial charge on any atom is -0.545 e. The Hall–Kier alpha value is -3.10. The molecule has 0 spiro atoms. The van der Waals surface area contributed by atoms with Gasteiger partial charge in [-0.3, -0.25) is 0 Å². The predicted molar refractivity (Wildman–Crippen MR) is 125 cm³/mol. The van der Waals surface area contributed by atoms with Crippen LogP contribution in [0, 0.1) is 0 Å². The van der Waals surface area contributed by atoms with Gasteiger partial charge in [-0.15, -0.1) is 0 Å². The van der Waals surface area contributed by atoms with Crippen LogP contribution in [-0.4, -0.2) is 39.5 Å². The van der Waals surface area contributed by atoms with Crippen molar-refractivity contribution in [3.05, 3.63) is 126 Å². The molecule has 4 rings (SSSR count). The SMILES string of the molecule is O=C([O-])c1cccc(C(=O)[O-])c1.OS(c1ccccc1)(c1ccccc1)c1ccccc1.[Mg+2]. The van der Waals surface area contributed by atoms with Gasteiger partial charge in [0.1, 0.15) is 0 Å². The molecule has 0 saturated carbocycles. The zero-order valence-electron chi connectivity index (χ0n) is 17.7. The molecule has 0 heterocycles. The summed E-state index contributed by atoms with van der Waals surface area (Å²) in [5.74, 6) is -2.81. The predicted octanol–water partition coefficient (Wildman–Crippen LogP) is 3.47. The topological polar surface area (TPSA) is 100 Å². The number of carbonyl (C=O) groups excluding carboxylic acids is 2. The van der Waals surface area contributed by atoms with E-state index in [1.807, 2.05) is 91.0 Å².